The molecule has 0 spiro atoms. The van der Waals surface area contributed by atoms with Crippen LogP contribution in [0.5, 0.6) is 11.5 Å². The molecule has 0 bridgehead atoms. The number of fused-ring (bicyclic) bond motifs is 1. The van der Waals surface area contributed by atoms with Crippen molar-refractivity contribution in [3.8, 4) is 11.5 Å². The Hall–Kier alpha value is -2.93. The Morgan fingerprint density at radius 3 is 2.79 bits per heavy atom. The number of nitrogens with zero attached hydrogens (tertiary/aromatic N) is 2. The summed E-state index contributed by atoms with van der Waals surface area (Å²) in [6.45, 7) is 0.180. The molecule has 0 atom stereocenters. The van der Waals surface area contributed by atoms with Gasteiger partial charge in [-0.2, -0.15) is 0 Å². The molecule has 0 saturated carbocycles. The van der Waals surface area contributed by atoms with Crippen LogP contribution in [0.1, 0.15) is 20.9 Å². The van der Waals surface area contributed by atoms with Crippen molar-refractivity contribution < 1.29 is 14.3 Å². The third kappa shape index (κ3) is 3.07. The lowest BCUT2D eigenvalue weighted by molar-refractivity contribution is 0.102. The Morgan fingerprint density at radius 1 is 1.08 bits per heavy atom. The van der Waals surface area contributed by atoms with Crippen LogP contribution in [0.2, 0.25) is 0 Å². The van der Waals surface area contributed by atoms with Crippen LogP contribution in [-0.4, -0.2) is 22.9 Å². The zero-order chi connectivity index (χ0) is 16.4. The van der Waals surface area contributed by atoms with Gasteiger partial charge in [0.05, 0.1) is 0 Å². The second-order valence-corrected chi connectivity index (χ2v) is 6.25. The van der Waals surface area contributed by atoms with Gasteiger partial charge < -0.3 is 9.47 Å². The number of ether oxygens (including phenoxy) is 2. The number of nitrogens with one attached hydrogen (secondary N) is 1. The molecule has 1 aliphatic heterocycles. The summed E-state index contributed by atoms with van der Waals surface area (Å²) < 4.78 is 10.5. The number of benzene rings is 2. The van der Waals surface area contributed by atoms with Crippen LogP contribution in [-0.2, 0) is 6.42 Å². The molecule has 2 heterocycles. The minimum atomic E-state index is -0.254. The van der Waals surface area contributed by atoms with E-state index in [1.54, 1.807) is 18.2 Å². The summed E-state index contributed by atoms with van der Waals surface area (Å²) in [6.07, 6.45) is 0.693. The fourth-order valence-corrected chi connectivity index (χ4v) is 3.12. The Balaban J connectivity index is 1.45. The van der Waals surface area contributed by atoms with Crippen LogP contribution < -0.4 is 14.8 Å². The Morgan fingerprint density at radius 2 is 1.92 bits per heavy atom. The molecule has 1 aromatic heterocycles. The largest absolute Gasteiger partial charge is 0.454 e. The first-order valence-corrected chi connectivity index (χ1v) is 8.17. The maximum absolute atomic E-state index is 12.3. The quantitative estimate of drug-likeness (QED) is 0.791. The maximum atomic E-state index is 12.3. The van der Waals surface area contributed by atoms with E-state index in [1.807, 2.05) is 30.3 Å². The second kappa shape index (κ2) is 6.29. The van der Waals surface area contributed by atoms with Gasteiger partial charge in [-0.15, -0.1) is 10.2 Å². The molecule has 24 heavy (non-hydrogen) atoms. The van der Waals surface area contributed by atoms with E-state index in [0.717, 1.165) is 10.6 Å². The van der Waals surface area contributed by atoms with Crippen molar-refractivity contribution in [2.75, 3.05) is 12.1 Å². The molecule has 120 valence electrons. The number of hydrogen-bond acceptors (Lipinski definition) is 6. The Kier molecular flexibility index (Phi) is 3.84. The molecule has 6 nitrogen and oxygen atoms in total. The van der Waals surface area contributed by atoms with E-state index in [0.29, 0.717) is 28.6 Å². The van der Waals surface area contributed by atoms with Crippen molar-refractivity contribution in [3.63, 3.8) is 0 Å². The minimum Gasteiger partial charge on any atom is -0.454 e. The molecular weight excluding hydrogens is 326 g/mol. The molecule has 1 N–H and O–H groups in total. The number of aromatic nitrogens is 2. The molecule has 0 saturated heterocycles. The highest BCUT2D eigenvalue weighted by atomic mass is 32.1. The SMILES string of the molecule is O=C(Nc1nnc(Cc2ccccc2)s1)c1ccc2c(c1)OCO2. The smallest absolute Gasteiger partial charge is 0.257 e. The number of carbonyl (C=O) groups is 1. The highest BCUT2D eigenvalue weighted by molar-refractivity contribution is 7.15. The van der Waals surface area contributed by atoms with Gasteiger partial charge in [-0.3, -0.25) is 10.1 Å². The van der Waals surface area contributed by atoms with Crippen molar-refractivity contribution in [2.24, 2.45) is 0 Å². The highest BCUT2D eigenvalue weighted by Crippen LogP contribution is 2.32. The highest BCUT2D eigenvalue weighted by Gasteiger charge is 2.17. The third-order valence-electron chi connectivity index (χ3n) is 3.52. The van der Waals surface area contributed by atoms with Crippen LogP contribution in [0, 0.1) is 0 Å². The number of anilines is 1. The van der Waals surface area contributed by atoms with Gasteiger partial charge in [0.25, 0.3) is 5.91 Å². The lowest BCUT2D eigenvalue weighted by atomic mass is 10.2. The van der Waals surface area contributed by atoms with Gasteiger partial charge in [-0.25, -0.2) is 0 Å². The predicted octanol–water partition coefficient (Wildman–Crippen LogP) is 3.11. The summed E-state index contributed by atoms with van der Waals surface area (Å²) >= 11 is 1.37. The van der Waals surface area contributed by atoms with E-state index in [9.17, 15) is 4.79 Å². The van der Waals surface area contributed by atoms with E-state index in [4.69, 9.17) is 9.47 Å². The second-order valence-electron chi connectivity index (χ2n) is 5.19. The summed E-state index contributed by atoms with van der Waals surface area (Å²) in [5.41, 5.74) is 1.64. The molecule has 4 rings (SSSR count). The van der Waals surface area contributed by atoms with E-state index >= 15 is 0 Å². The first kappa shape index (κ1) is 14.6. The molecule has 2 aromatic carbocycles. The first-order valence-electron chi connectivity index (χ1n) is 7.35. The summed E-state index contributed by atoms with van der Waals surface area (Å²) in [6, 6.07) is 15.1. The van der Waals surface area contributed by atoms with Gasteiger partial charge in [-0.1, -0.05) is 41.7 Å². The number of carbonyl (C=O) groups excluding carboxylic acids is 1. The Labute approximate surface area is 142 Å². The van der Waals surface area contributed by atoms with Crippen molar-refractivity contribution in [1.82, 2.24) is 10.2 Å². The molecule has 0 radical (unpaired) electrons. The molecule has 3 aromatic rings. The number of rotatable bonds is 4. The van der Waals surface area contributed by atoms with Crippen LogP contribution in [0.15, 0.2) is 48.5 Å². The van der Waals surface area contributed by atoms with Gasteiger partial charge in [-0.05, 0) is 23.8 Å². The minimum absolute atomic E-state index is 0.180. The molecule has 1 amide bonds. The van der Waals surface area contributed by atoms with Crippen molar-refractivity contribution in [1.29, 1.82) is 0 Å². The summed E-state index contributed by atoms with van der Waals surface area (Å²) in [4.78, 5) is 12.3. The number of hydrogen-bond donors (Lipinski definition) is 1. The normalized spacial score (nSPS) is 12.2. The molecular formula is C17H13N3O3S. The molecule has 1 aliphatic rings. The van der Waals surface area contributed by atoms with Gasteiger partial charge in [0.2, 0.25) is 11.9 Å². The van der Waals surface area contributed by atoms with Crippen LogP contribution >= 0.6 is 11.3 Å². The van der Waals surface area contributed by atoms with E-state index in [2.05, 4.69) is 15.5 Å². The molecule has 7 heteroatoms. The van der Waals surface area contributed by atoms with Crippen molar-refractivity contribution in [2.45, 2.75) is 6.42 Å². The van der Waals surface area contributed by atoms with Crippen LogP contribution in [0.25, 0.3) is 0 Å². The molecule has 0 unspecified atom stereocenters. The van der Waals surface area contributed by atoms with Gasteiger partial charge in [0.15, 0.2) is 11.5 Å². The van der Waals surface area contributed by atoms with Crippen molar-refractivity contribution >= 4 is 22.4 Å². The van der Waals surface area contributed by atoms with E-state index < -0.39 is 0 Å². The van der Waals surface area contributed by atoms with Crippen LogP contribution in [0.4, 0.5) is 5.13 Å². The number of amides is 1. The average molecular weight is 339 g/mol. The summed E-state index contributed by atoms with van der Waals surface area (Å²) in [7, 11) is 0. The lowest BCUT2D eigenvalue weighted by Crippen LogP contribution is -2.11. The zero-order valence-electron chi connectivity index (χ0n) is 12.6. The van der Waals surface area contributed by atoms with Crippen molar-refractivity contribution in [3.05, 3.63) is 64.7 Å². The van der Waals surface area contributed by atoms with Crippen LogP contribution in [0.3, 0.4) is 0 Å². The predicted molar refractivity (Wildman–Crippen MR) is 89.7 cm³/mol. The van der Waals surface area contributed by atoms with Gasteiger partial charge in [0, 0.05) is 12.0 Å². The van der Waals surface area contributed by atoms with E-state index in [-0.39, 0.29) is 12.7 Å². The fraction of sp³-hybridized carbons (Fsp3) is 0.118. The summed E-state index contributed by atoms with van der Waals surface area (Å²) in [5.74, 6) is 0.966. The lowest BCUT2D eigenvalue weighted by Gasteiger charge is -2.02. The summed E-state index contributed by atoms with van der Waals surface area (Å²) in [5, 5.41) is 12.2. The topological polar surface area (TPSA) is 73.3 Å². The van der Waals surface area contributed by atoms with E-state index in [1.165, 1.54) is 11.3 Å². The van der Waals surface area contributed by atoms with Gasteiger partial charge in [0.1, 0.15) is 5.01 Å². The zero-order valence-corrected chi connectivity index (χ0v) is 13.4. The fourth-order valence-electron chi connectivity index (χ4n) is 2.35. The molecule has 0 aliphatic carbocycles. The monoisotopic (exact) mass is 339 g/mol. The standard InChI is InChI=1S/C17H13N3O3S/c21-16(12-6-7-13-14(9-12)23-10-22-13)18-17-20-19-15(24-17)8-11-4-2-1-3-5-11/h1-7,9H,8,10H2,(H,18,20,21). The first-order chi connectivity index (χ1) is 11.8. The van der Waals surface area contributed by atoms with Gasteiger partial charge >= 0.3 is 0 Å². The average Bonchev–Trinajstić information content (AvgIpc) is 3.24. The molecule has 0 fully saturated rings. The Bertz CT molecular complexity index is 880. The third-order valence-corrected chi connectivity index (χ3v) is 4.36. The maximum Gasteiger partial charge on any atom is 0.257 e.